The summed E-state index contributed by atoms with van der Waals surface area (Å²) in [6, 6.07) is 0. The van der Waals surface area contributed by atoms with Gasteiger partial charge >= 0.3 is 0 Å². The van der Waals surface area contributed by atoms with Crippen molar-refractivity contribution in [2.45, 2.75) is 44.6 Å². The van der Waals surface area contributed by atoms with E-state index < -0.39 is 0 Å². The molecule has 0 spiro atoms. The Hall–Kier alpha value is -0.0800. The number of aliphatic hydroxyl groups excluding tert-OH is 2. The second kappa shape index (κ2) is 4.73. The van der Waals surface area contributed by atoms with Crippen LogP contribution in [0, 0.1) is 5.92 Å². The molecule has 2 heteroatoms. The molecule has 1 fully saturated rings. The summed E-state index contributed by atoms with van der Waals surface area (Å²) in [4.78, 5) is 0. The highest BCUT2D eigenvalue weighted by Crippen LogP contribution is 2.21. The smallest absolute Gasteiger partial charge is 0.0590 e. The Morgan fingerprint density at radius 1 is 1.00 bits per heavy atom. The zero-order valence-corrected chi connectivity index (χ0v) is 7.00. The predicted molar refractivity (Wildman–Crippen MR) is 44.3 cm³/mol. The van der Waals surface area contributed by atoms with Crippen LogP contribution < -0.4 is 0 Å². The number of hydrogen-bond acceptors (Lipinski definition) is 2. The maximum atomic E-state index is 9.51. The average Bonchev–Trinajstić information content (AvgIpc) is 1.98. The van der Waals surface area contributed by atoms with Gasteiger partial charge in [-0.25, -0.2) is 0 Å². The Kier molecular flexibility index (Phi) is 3.87. The molecule has 0 aliphatic heterocycles. The van der Waals surface area contributed by atoms with Gasteiger partial charge in [0.05, 0.1) is 6.10 Å². The molecule has 1 aliphatic carbocycles. The van der Waals surface area contributed by atoms with Crippen molar-refractivity contribution >= 4 is 0 Å². The van der Waals surface area contributed by atoms with E-state index in [1.54, 1.807) is 0 Å². The second-order valence-corrected chi connectivity index (χ2v) is 3.50. The molecule has 11 heavy (non-hydrogen) atoms. The van der Waals surface area contributed by atoms with E-state index in [4.69, 9.17) is 5.11 Å². The fraction of sp³-hybridized carbons (Fsp3) is 1.00. The molecule has 0 heterocycles. The molecule has 1 saturated carbocycles. The molecule has 66 valence electrons. The summed E-state index contributed by atoms with van der Waals surface area (Å²) >= 11 is 0. The van der Waals surface area contributed by atoms with E-state index >= 15 is 0 Å². The van der Waals surface area contributed by atoms with Crippen LogP contribution in [-0.2, 0) is 0 Å². The van der Waals surface area contributed by atoms with Crippen LogP contribution in [0.4, 0.5) is 0 Å². The van der Waals surface area contributed by atoms with Crippen LogP contribution in [0.1, 0.15) is 38.5 Å². The Balaban J connectivity index is 2.33. The third kappa shape index (κ3) is 2.80. The maximum Gasteiger partial charge on any atom is 0.0590 e. The van der Waals surface area contributed by atoms with Crippen molar-refractivity contribution < 1.29 is 10.2 Å². The van der Waals surface area contributed by atoms with Crippen molar-refractivity contribution in [2.24, 2.45) is 5.92 Å². The van der Waals surface area contributed by atoms with E-state index in [1.165, 1.54) is 19.3 Å². The fourth-order valence-electron chi connectivity index (χ4n) is 1.75. The first kappa shape index (κ1) is 9.01. The topological polar surface area (TPSA) is 40.5 Å². The van der Waals surface area contributed by atoms with Crippen molar-refractivity contribution in [1.82, 2.24) is 0 Å². The second-order valence-electron chi connectivity index (χ2n) is 3.50. The summed E-state index contributed by atoms with van der Waals surface area (Å²) in [5.41, 5.74) is 0. The van der Waals surface area contributed by atoms with Gasteiger partial charge in [0, 0.05) is 12.5 Å². The van der Waals surface area contributed by atoms with Crippen molar-refractivity contribution in [3.63, 3.8) is 0 Å². The molecule has 0 unspecified atom stereocenters. The van der Waals surface area contributed by atoms with Crippen molar-refractivity contribution in [3.8, 4) is 0 Å². The van der Waals surface area contributed by atoms with Gasteiger partial charge in [0.15, 0.2) is 0 Å². The Morgan fingerprint density at radius 2 is 1.64 bits per heavy atom. The molecule has 0 bridgehead atoms. The highest BCUT2D eigenvalue weighted by Gasteiger charge is 2.19. The van der Waals surface area contributed by atoms with Gasteiger partial charge in [0.25, 0.3) is 0 Å². The maximum absolute atomic E-state index is 9.51. The lowest BCUT2D eigenvalue weighted by Crippen LogP contribution is -2.24. The van der Waals surface area contributed by atoms with Crippen LogP contribution in [0.3, 0.4) is 0 Å². The minimum Gasteiger partial charge on any atom is -0.396 e. The third-order valence-electron chi connectivity index (χ3n) is 2.60. The first-order chi connectivity index (χ1) is 5.34. The summed E-state index contributed by atoms with van der Waals surface area (Å²) in [6.07, 6.45) is 6.43. The van der Waals surface area contributed by atoms with E-state index in [0.717, 1.165) is 19.3 Å². The van der Waals surface area contributed by atoms with Gasteiger partial charge in [-0.1, -0.05) is 25.7 Å². The van der Waals surface area contributed by atoms with Crippen molar-refractivity contribution in [2.75, 3.05) is 6.61 Å². The van der Waals surface area contributed by atoms with Crippen molar-refractivity contribution in [3.05, 3.63) is 0 Å². The third-order valence-corrected chi connectivity index (χ3v) is 2.60. The molecule has 0 saturated heterocycles. The Bertz CT molecular complexity index is 104. The Labute approximate surface area is 68.2 Å². The number of hydrogen-bond donors (Lipinski definition) is 2. The summed E-state index contributed by atoms with van der Waals surface area (Å²) in [7, 11) is 0. The number of rotatable bonds is 1. The van der Waals surface area contributed by atoms with E-state index in [0.29, 0.717) is 0 Å². The van der Waals surface area contributed by atoms with Crippen molar-refractivity contribution in [1.29, 1.82) is 0 Å². The first-order valence-electron chi connectivity index (χ1n) is 4.63. The van der Waals surface area contributed by atoms with Crippen LogP contribution >= 0.6 is 0 Å². The highest BCUT2D eigenvalue weighted by molar-refractivity contribution is 4.70. The van der Waals surface area contributed by atoms with Crippen LogP contribution in [0.25, 0.3) is 0 Å². The minimum atomic E-state index is -0.250. The molecule has 2 N–H and O–H groups in total. The predicted octanol–water partition coefficient (Wildman–Crippen LogP) is 1.31. The van der Waals surface area contributed by atoms with E-state index in [2.05, 4.69) is 0 Å². The summed E-state index contributed by atoms with van der Waals surface area (Å²) < 4.78 is 0. The standard InChI is InChI=1S/C9H18O2/c10-7-8-5-3-1-2-4-6-9(8)11/h8-11H,1-7H2/t8-,9+/m0/s1. The first-order valence-corrected chi connectivity index (χ1v) is 4.63. The normalized spacial score (nSPS) is 34.4. The minimum absolute atomic E-state index is 0.148. The molecule has 2 atom stereocenters. The van der Waals surface area contributed by atoms with Gasteiger partial charge in [0.2, 0.25) is 0 Å². The average molecular weight is 158 g/mol. The zero-order chi connectivity index (χ0) is 8.10. The molecule has 0 aromatic rings. The monoisotopic (exact) mass is 158 g/mol. The van der Waals surface area contributed by atoms with Gasteiger partial charge in [-0.2, -0.15) is 0 Å². The fourth-order valence-corrected chi connectivity index (χ4v) is 1.75. The summed E-state index contributed by atoms with van der Waals surface area (Å²) in [5, 5.41) is 18.4. The van der Waals surface area contributed by atoms with Gasteiger partial charge < -0.3 is 10.2 Å². The van der Waals surface area contributed by atoms with Crippen LogP contribution in [0.5, 0.6) is 0 Å². The van der Waals surface area contributed by atoms with Gasteiger partial charge in [0.1, 0.15) is 0 Å². The Morgan fingerprint density at radius 3 is 2.27 bits per heavy atom. The van der Waals surface area contributed by atoms with E-state index in [1.807, 2.05) is 0 Å². The highest BCUT2D eigenvalue weighted by atomic mass is 16.3. The zero-order valence-electron chi connectivity index (χ0n) is 7.00. The largest absolute Gasteiger partial charge is 0.396 e. The van der Waals surface area contributed by atoms with Gasteiger partial charge in [-0.15, -0.1) is 0 Å². The molecular weight excluding hydrogens is 140 g/mol. The lowest BCUT2D eigenvalue weighted by Gasteiger charge is -2.23. The lowest BCUT2D eigenvalue weighted by molar-refractivity contribution is 0.0482. The number of aliphatic hydroxyl groups is 2. The lowest BCUT2D eigenvalue weighted by atomic mass is 9.89. The quantitative estimate of drug-likeness (QED) is 0.604. The molecule has 0 amide bonds. The molecule has 0 aromatic heterocycles. The van der Waals surface area contributed by atoms with Crippen LogP contribution in [0.15, 0.2) is 0 Å². The van der Waals surface area contributed by atoms with Crippen LogP contribution in [0.2, 0.25) is 0 Å². The van der Waals surface area contributed by atoms with Gasteiger partial charge in [-0.3, -0.25) is 0 Å². The molecule has 0 aromatic carbocycles. The molecule has 0 radical (unpaired) electrons. The van der Waals surface area contributed by atoms with E-state index in [-0.39, 0.29) is 18.6 Å². The molecule has 2 nitrogen and oxygen atoms in total. The molecular formula is C9H18O2. The SMILES string of the molecule is OC[C@@H]1CCCCCC[C@H]1O. The summed E-state index contributed by atoms with van der Waals surface area (Å²) in [5.74, 6) is 0.148. The van der Waals surface area contributed by atoms with Gasteiger partial charge in [-0.05, 0) is 12.8 Å². The molecule has 1 aliphatic rings. The van der Waals surface area contributed by atoms with Crippen LogP contribution in [-0.4, -0.2) is 22.9 Å². The summed E-state index contributed by atoms with van der Waals surface area (Å²) in [6.45, 7) is 0.154. The van der Waals surface area contributed by atoms with E-state index in [9.17, 15) is 5.11 Å². The molecule has 1 rings (SSSR count).